The van der Waals surface area contributed by atoms with Gasteiger partial charge in [-0.3, -0.25) is 9.36 Å². The van der Waals surface area contributed by atoms with Crippen LogP contribution in [0.15, 0.2) is 23.4 Å². The van der Waals surface area contributed by atoms with Crippen LogP contribution in [0.3, 0.4) is 0 Å². The van der Waals surface area contributed by atoms with Crippen molar-refractivity contribution in [3.63, 3.8) is 0 Å². The smallest absolute Gasteiger partial charge is 0.233 e. The van der Waals surface area contributed by atoms with Crippen molar-refractivity contribution in [3.05, 3.63) is 34.6 Å². The van der Waals surface area contributed by atoms with Crippen LogP contribution in [0.1, 0.15) is 56.5 Å². The first-order chi connectivity index (χ1) is 13.5. The molecule has 8 heteroatoms. The van der Waals surface area contributed by atoms with Crippen LogP contribution in [0.25, 0.3) is 0 Å². The highest BCUT2D eigenvalue weighted by molar-refractivity contribution is 8.00. The van der Waals surface area contributed by atoms with Crippen LogP contribution >= 0.6 is 23.4 Å². The fourth-order valence-corrected chi connectivity index (χ4v) is 4.75. The number of halogens is 1. The lowest BCUT2D eigenvalue weighted by Gasteiger charge is -2.26. The summed E-state index contributed by atoms with van der Waals surface area (Å²) in [6.45, 7) is 4.19. The lowest BCUT2D eigenvalue weighted by atomic mass is 9.95. The number of thioether (sulfide) groups is 1. The van der Waals surface area contributed by atoms with Crippen LogP contribution in [0.5, 0.6) is 5.75 Å². The van der Waals surface area contributed by atoms with Gasteiger partial charge in [-0.05, 0) is 50.5 Å². The van der Waals surface area contributed by atoms with E-state index in [0.29, 0.717) is 17.7 Å². The first-order valence-electron chi connectivity index (χ1n) is 9.70. The maximum Gasteiger partial charge on any atom is 0.233 e. The van der Waals surface area contributed by atoms with E-state index in [9.17, 15) is 4.79 Å². The Labute approximate surface area is 175 Å². The summed E-state index contributed by atoms with van der Waals surface area (Å²) in [5, 5.41) is 12.7. The van der Waals surface area contributed by atoms with Crippen LogP contribution in [0.2, 0.25) is 5.02 Å². The number of nitrogens with zero attached hydrogens (tertiary/aromatic N) is 3. The van der Waals surface area contributed by atoms with E-state index in [1.54, 1.807) is 7.05 Å². The number of carbonyl (C=O) groups excluding carboxylic acids is 1. The highest BCUT2D eigenvalue weighted by atomic mass is 35.5. The number of benzene rings is 1. The molecule has 2 aromatic rings. The minimum atomic E-state index is -0.233. The fourth-order valence-electron chi connectivity index (χ4n) is 3.52. The van der Waals surface area contributed by atoms with Crippen molar-refractivity contribution < 1.29 is 9.53 Å². The molecule has 1 aromatic heterocycles. The summed E-state index contributed by atoms with van der Waals surface area (Å²) in [5.41, 5.74) is 0.985. The van der Waals surface area contributed by atoms with Gasteiger partial charge < -0.3 is 10.1 Å². The number of ether oxygens (including phenoxy) is 1. The van der Waals surface area contributed by atoms with E-state index in [2.05, 4.69) is 20.1 Å². The van der Waals surface area contributed by atoms with Gasteiger partial charge in [-0.1, -0.05) is 42.6 Å². The average Bonchev–Trinajstić information content (AvgIpc) is 3.09. The van der Waals surface area contributed by atoms with Crippen molar-refractivity contribution in [2.45, 2.75) is 69.0 Å². The lowest BCUT2D eigenvalue weighted by Crippen LogP contribution is -2.28. The second-order valence-electron chi connectivity index (χ2n) is 7.13. The molecule has 3 rings (SSSR count). The van der Waals surface area contributed by atoms with Crippen LogP contribution in [0.4, 0.5) is 0 Å². The van der Waals surface area contributed by atoms with E-state index in [-0.39, 0.29) is 11.2 Å². The number of rotatable bonds is 7. The maximum absolute atomic E-state index is 12.0. The molecule has 1 aliphatic carbocycles. The highest BCUT2D eigenvalue weighted by Crippen LogP contribution is 2.34. The van der Waals surface area contributed by atoms with Gasteiger partial charge in [0.05, 0.1) is 5.25 Å². The summed E-state index contributed by atoms with van der Waals surface area (Å²) >= 11 is 7.48. The quantitative estimate of drug-likeness (QED) is 0.663. The molecule has 6 nitrogen and oxygen atoms in total. The van der Waals surface area contributed by atoms with E-state index >= 15 is 0 Å². The largest absolute Gasteiger partial charge is 0.485 e. The molecule has 1 aliphatic rings. The standard InChI is InChI=1S/C20H27ClN4O2S/c1-13-11-15(21)9-10-17(13)27-12-18-23-24-20(28-14(2)19(26)22-3)25(18)16-7-5-4-6-8-16/h9-11,14,16H,4-8,12H2,1-3H3,(H,22,26)/t14-/m0/s1. The van der Waals surface area contributed by atoms with Gasteiger partial charge in [0.1, 0.15) is 12.4 Å². The Balaban J connectivity index is 1.82. The average molecular weight is 423 g/mol. The van der Waals surface area contributed by atoms with Crippen molar-refractivity contribution in [1.29, 1.82) is 0 Å². The third-order valence-corrected chi connectivity index (χ3v) is 6.36. The van der Waals surface area contributed by atoms with Crippen LogP contribution in [-0.4, -0.2) is 33.0 Å². The normalized spacial score (nSPS) is 16.0. The van der Waals surface area contributed by atoms with Crippen molar-refractivity contribution in [2.24, 2.45) is 0 Å². The molecule has 1 N–H and O–H groups in total. The van der Waals surface area contributed by atoms with Gasteiger partial charge in [0.25, 0.3) is 0 Å². The van der Waals surface area contributed by atoms with Crippen LogP contribution in [-0.2, 0) is 11.4 Å². The summed E-state index contributed by atoms with van der Waals surface area (Å²) < 4.78 is 8.21. The van der Waals surface area contributed by atoms with Gasteiger partial charge in [-0.2, -0.15) is 0 Å². The van der Waals surface area contributed by atoms with Crippen LogP contribution in [0, 0.1) is 6.92 Å². The summed E-state index contributed by atoms with van der Waals surface area (Å²) in [7, 11) is 1.65. The van der Waals surface area contributed by atoms with E-state index < -0.39 is 0 Å². The Bertz CT molecular complexity index is 821. The number of carbonyl (C=O) groups is 1. The predicted octanol–water partition coefficient (Wildman–Crippen LogP) is 4.55. The molecule has 28 heavy (non-hydrogen) atoms. The Hall–Kier alpha value is -1.73. The van der Waals surface area contributed by atoms with E-state index in [1.165, 1.54) is 31.0 Å². The van der Waals surface area contributed by atoms with E-state index in [0.717, 1.165) is 35.1 Å². The molecule has 1 fully saturated rings. The molecule has 1 amide bonds. The molecular weight excluding hydrogens is 396 g/mol. The van der Waals surface area contributed by atoms with Gasteiger partial charge in [-0.15, -0.1) is 10.2 Å². The Morgan fingerprint density at radius 3 is 2.79 bits per heavy atom. The molecular formula is C20H27ClN4O2S. The van der Waals surface area contributed by atoms with Gasteiger partial charge in [-0.25, -0.2) is 0 Å². The summed E-state index contributed by atoms with van der Waals surface area (Å²) in [6, 6.07) is 5.94. The van der Waals surface area contributed by atoms with Crippen molar-refractivity contribution >= 4 is 29.3 Å². The molecule has 0 saturated heterocycles. The van der Waals surface area contributed by atoms with Crippen molar-refractivity contribution in [1.82, 2.24) is 20.1 Å². The molecule has 0 radical (unpaired) electrons. The van der Waals surface area contributed by atoms with Gasteiger partial charge >= 0.3 is 0 Å². The molecule has 1 saturated carbocycles. The number of amides is 1. The maximum atomic E-state index is 12.0. The van der Waals surface area contributed by atoms with Crippen LogP contribution < -0.4 is 10.1 Å². The second kappa shape index (κ2) is 9.65. The highest BCUT2D eigenvalue weighted by Gasteiger charge is 2.25. The zero-order valence-corrected chi connectivity index (χ0v) is 18.1. The molecule has 1 atom stereocenters. The predicted molar refractivity (Wildman–Crippen MR) is 112 cm³/mol. The van der Waals surface area contributed by atoms with Crippen molar-refractivity contribution in [2.75, 3.05) is 7.05 Å². The number of aryl methyl sites for hydroxylation is 1. The summed E-state index contributed by atoms with van der Waals surface area (Å²) in [4.78, 5) is 12.0. The monoisotopic (exact) mass is 422 g/mol. The topological polar surface area (TPSA) is 69.0 Å². The van der Waals surface area contributed by atoms with Crippen molar-refractivity contribution in [3.8, 4) is 5.75 Å². The number of nitrogens with one attached hydrogen (secondary N) is 1. The number of aromatic nitrogens is 3. The van der Waals surface area contributed by atoms with Gasteiger partial charge in [0.15, 0.2) is 11.0 Å². The first-order valence-corrected chi connectivity index (χ1v) is 11.0. The Morgan fingerprint density at radius 1 is 1.36 bits per heavy atom. The molecule has 1 aromatic carbocycles. The second-order valence-corrected chi connectivity index (χ2v) is 8.88. The summed E-state index contributed by atoms with van der Waals surface area (Å²) in [5.74, 6) is 1.57. The Morgan fingerprint density at radius 2 is 2.11 bits per heavy atom. The van der Waals surface area contributed by atoms with E-state index in [1.807, 2.05) is 32.0 Å². The third-order valence-electron chi connectivity index (χ3n) is 5.07. The Kier molecular flexibility index (Phi) is 7.24. The molecule has 0 aliphatic heterocycles. The molecule has 1 heterocycles. The zero-order chi connectivity index (χ0) is 20.1. The molecule has 0 bridgehead atoms. The van der Waals surface area contributed by atoms with Gasteiger partial charge in [0.2, 0.25) is 5.91 Å². The SMILES string of the molecule is CNC(=O)[C@H](C)Sc1nnc(COc2ccc(Cl)cc2C)n1C1CCCCC1. The molecule has 0 spiro atoms. The third kappa shape index (κ3) is 5.00. The first kappa shape index (κ1) is 21.0. The zero-order valence-electron chi connectivity index (χ0n) is 16.6. The lowest BCUT2D eigenvalue weighted by molar-refractivity contribution is -0.119. The number of hydrogen-bond acceptors (Lipinski definition) is 5. The fraction of sp³-hybridized carbons (Fsp3) is 0.550. The van der Waals surface area contributed by atoms with Gasteiger partial charge in [0, 0.05) is 18.1 Å². The molecule has 0 unspecified atom stereocenters. The van der Waals surface area contributed by atoms with E-state index in [4.69, 9.17) is 16.3 Å². The summed E-state index contributed by atoms with van der Waals surface area (Å²) in [6.07, 6.45) is 5.88. The molecule has 152 valence electrons. The minimum absolute atomic E-state index is 0.0159. The number of hydrogen-bond donors (Lipinski definition) is 1. The minimum Gasteiger partial charge on any atom is -0.485 e.